The van der Waals surface area contributed by atoms with E-state index in [-0.39, 0.29) is 18.2 Å². The van der Waals surface area contributed by atoms with Crippen LogP contribution < -0.4 is 10.1 Å². The summed E-state index contributed by atoms with van der Waals surface area (Å²) in [5.74, 6) is 1.49. The molecular formula is C25H34N2O2. The van der Waals surface area contributed by atoms with Crippen molar-refractivity contribution in [3.05, 3.63) is 65.2 Å². The van der Waals surface area contributed by atoms with Gasteiger partial charge >= 0.3 is 6.03 Å². The van der Waals surface area contributed by atoms with Crippen LogP contribution in [0.25, 0.3) is 0 Å². The summed E-state index contributed by atoms with van der Waals surface area (Å²) in [7, 11) is 0. The molecule has 1 fully saturated rings. The van der Waals surface area contributed by atoms with Gasteiger partial charge in [-0.3, -0.25) is 0 Å². The molecule has 0 radical (unpaired) electrons. The van der Waals surface area contributed by atoms with Crippen LogP contribution >= 0.6 is 0 Å². The van der Waals surface area contributed by atoms with Crippen LogP contribution in [0.2, 0.25) is 0 Å². The van der Waals surface area contributed by atoms with Crippen LogP contribution in [0.1, 0.15) is 50.3 Å². The normalized spacial score (nSPS) is 15.2. The third kappa shape index (κ3) is 5.99. The van der Waals surface area contributed by atoms with Gasteiger partial charge in [0, 0.05) is 13.1 Å². The number of aryl methyl sites for hydroxylation is 1. The highest BCUT2D eigenvalue weighted by Crippen LogP contribution is 2.32. The van der Waals surface area contributed by atoms with Gasteiger partial charge in [-0.25, -0.2) is 4.79 Å². The highest BCUT2D eigenvalue weighted by atomic mass is 16.5. The number of ether oxygens (including phenoxy) is 1. The monoisotopic (exact) mass is 394 g/mol. The van der Waals surface area contributed by atoms with E-state index in [0.717, 1.165) is 43.7 Å². The maximum atomic E-state index is 12.5. The van der Waals surface area contributed by atoms with Crippen LogP contribution in [0.5, 0.6) is 5.75 Å². The Kier molecular flexibility index (Phi) is 6.83. The standard InChI is InChI=1S/C25H34N2O2/c1-19-10-11-23(22(16-19)25(2,3)4)29-18-26-24(28)27-14-12-21(13-15-27)17-20-8-6-5-7-9-20/h5-11,16,21H,12-15,17-18H2,1-4H3,(H,26,28). The smallest absolute Gasteiger partial charge is 0.320 e. The van der Waals surface area contributed by atoms with Crippen LogP contribution in [0.15, 0.2) is 48.5 Å². The largest absolute Gasteiger partial charge is 0.473 e. The second-order valence-corrected chi connectivity index (χ2v) is 9.14. The zero-order valence-corrected chi connectivity index (χ0v) is 18.2. The number of carbonyl (C=O) groups excluding carboxylic acids is 1. The van der Waals surface area contributed by atoms with E-state index < -0.39 is 0 Å². The van der Waals surface area contributed by atoms with Crippen LogP contribution in [0.4, 0.5) is 4.79 Å². The molecule has 4 heteroatoms. The van der Waals surface area contributed by atoms with Gasteiger partial charge in [0.05, 0.1) is 0 Å². The molecular weight excluding hydrogens is 360 g/mol. The van der Waals surface area contributed by atoms with Crippen molar-refractivity contribution in [2.45, 2.75) is 52.4 Å². The van der Waals surface area contributed by atoms with E-state index in [4.69, 9.17) is 4.74 Å². The minimum absolute atomic E-state index is 0.00794. The molecule has 0 atom stereocenters. The van der Waals surface area contributed by atoms with E-state index in [1.165, 1.54) is 11.1 Å². The van der Waals surface area contributed by atoms with E-state index in [0.29, 0.717) is 5.92 Å². The lowest BCUT2D eigenvalue weighted by molar-refractivity contribution is 0.160. The Morgan fingerprint density at radius 1 is 1.10 bits per heavy atom. The number of likely N-dealkylation sites (tertiary alicyclic amines) is 1. The maximum absolute atomic E-state index is 12.5. The van der Waals surface area contributed by atoms with Gasteiger partial charge in [-0.1, -0.05) is 68.8 Å². The molecule has 1 saturated heterocycles. The van der Waals surface area contributed by atoms with Crippen LogP contribution in [0.3, 0.4) is 0 Å². The minimum atomic E-state index is -0.0346. The Hall–Kier alpha value is -2.49. The first-order chi connectivity index (χ1) is 13.8. The number of carbonyl (C=O) groups is 1. The molecule has 0 bridgehead atoms. The summed E-state index contributed by atoms with van der Waals surface area (Å²) in [5.41, 5.74) is 3.75. The van der Waals surface area contributed by atoms with Crippen LogP contribution in [-0.2, 0) is 11.8 Å². The molecule has 4 nitrogen and oxygen atoms in total. The number of urea groups is 1. The zero-order chi connectivity index (χ0) is 20.9. The molecule has 1 heterocycles. The molecule has 0 aromatic heterocycles. The van der Waals surface area contributed by atoms with Gasteiger partial charge in [0.25, 0.3) is 0 Å². The third-order valence-electron chi connectivity index (χ3n) is 5.66. The highest BCUT2D eigenvalue weighted by molar-refractivity contribution is 5.74. The van der Waals surface area contributed by atoms with Crippen molar-refractivity contribution in [1.29, 1.82) is 0 Å². The summed E-state index contributed by atoms with van der Waals surface area (Å²) in [6.45, 7) is 10.4. The fraction of sp³-hybridized carbons (Fsp3) is 0.480. The predicted molar refractivity (Wildman–Crippen MR) is 118 cm³/mol. The molecule has 2 aromatic rings. The fourth-order valence-corrected chi connectivity index (χ4v) is 3.93. The zero-order valence-electron chi connectivity index (χ0n) is 18.2. The Balaban J connectivity index is 1.45. The summed E-state index contributed by atoms with van der Waals surface area (Å²) in [4.78, 5) is 14.4. The average molecular weight is 395 g/mol. The van der Waals surface area contributed by atoms with Gasteiger partial charge in [-0.05, 0) is 54.7 Å². The van der Waals surface area contributed by atoms with E-state index in [1.807, 2.05) is 17.0 Å². The number of benzene rings is 2. The summed E-state index contributed by atoms with van der Waals surface area (Å²) in [6, 6.07) is 16.8. The molecule has 1 N–H and O–H groups in total. The van der Waals surface area contributed by atoms with Crippen molar-refractivity contribution in [2.24, 2.45) is 5.92 Å². The van der Waals surface area contributed by atoms with Crippen molar-refractivity contribution >= 4 is 6.03 Å². The molecule has 2 aromatic carbocycles. The summed E-state index contributed by atoms with van der Waals surface area (Å²) in [6.07, 6.45) is 3.20. The van der Waals surface area contributed by atoms with E-state index in [2.05, 4.69) is 69.4 Å². The van der Waals surface area contributed by atoms with Crippen molar-refractivity contribution in [3.63, 3.8) is 0 Å². The maximum Gasteiger partial charge on any atom is 0.320 e. The summed E-state index contributed by atoms with van der Waals surface area (Å²) < 4.78 is 5.92. The number of rotatable bonds is 5. The average Bonchev–Trinajstić information content (AvgIpc) is 2.69. The number of amides is 2. The number of hydrogen-bond acceptors (Lipinski definition) is 2. The van der Waals surface area contributed by atoms with Crippen LogP contribution in [-0.4, -0.2) is 30.8 Å². The van der Waals surface area contributed by atoms with Gasteiger partial charge in [0.2, 0.25) is 0 Å². The van der Waals surface area contributed by atoms with E-state index in [9.17, 15) is 4.79 Å². The number of nitrogens with zero attached hydrogens (tertiary/aromatic N) is 1. The highest BCUT2D eigenvalue weighted by Gasteiger charge is 2.23. The van der Waals surface area contributed by atoms with E-state index >= 15 is 0 Å². The Morgan fingerprint density at radius 3 is 2.45 bits per heavy atom. The molecule has 2 amide bonds. The Bertz CT molecular complexity index is 803. The number of piperidine rings is 1. The second-order valence-electron chi connectivity index (χ2n) is 9.14. The predicted octanol–water partition coefficient (Wildman–Crippen LogP) is 5.29. The second kappa shape index (κ2) is 9.34. The van der Waals surface area contributed by atoms with E-state index in [1.54, 1.807) is 0 Å². The molecule has 1 aliphatic rings. The minimum Gasteiger partial charge on any atom is -0.473 e. The first-order valence-electron chi connectivity index (χ1n) is 10.6. The number of hydrogen-bond donors (Lipinski definition) is 1. The van der Waals surface area contributed by atoms with Crippen molar-refractivity contribution in [2.75, 3.05) is 19.8 Å². The van der Waals surface area contributed by atoms with Crippen molar-refractivity contribution < 1.29 is 9.53 Å². The van der Waals surface area contributed by atoms with Gasteiger partial charge in [0.15, 0.2) is 6.73 Å². The fourth-order valence-electron chi connectivity index (χ4n) is 3.93. The number of nitrogens with one attached hydrogen (secondary N) is 1. The van der Waals surface area contributed by atoms with Gasteiger partial charge in [-0.15, -0.1) is 0 Å². The lowest BCUT2D eigenvalue weighted by Gasteiger charge is -2.32. The Morgan fingerprint density at radius 2 is 1.79 bits per heavy atom. The molecule has 0 aliphatic carbocycles. The molecule has 3 rings (SSSR count). The lowest BCUT2D eigenvalue weighted by atomic mass is 9.85. The molecule has 29 heavy (non-hydrogen) atoms. The van der Waals surface area contributed by atoms with Crippen LogP contribution in [0, 0.1) is 12.8 Å². The quantitative estimate of drug-likeness (QED) is 0.700. The third-order valence-corrected chi connectivity index (χ3v) is 5.66. The SMILES string of the molecule is Cc1ccc(OCNC(=O)N2CCC(Cc3ccccc3)CC2)c(C(C)(C)C)c1. The molecule has 0 saturated carbocycles. The van der Waals surface area contributed by atoms with Gasteiger partial charge in [0.1, 0.15) is 5.75 Å². The molecule has 0 unspecified atom stereocenters. The molecule has 0 spiro atoms. The summed E-state index contributed by atoms with van der Waals surface area (Å²) >= 11 is 0. The Labute approximate surface area is 175 Å². The topological polar surface area (TPSA) is 41.6 Å². The van der Waals surface area contributed by atoms with Crippen molar-refractivity contribution in [1.82, 2.24) is 10.2 Å². The first kappa shape index (κ1) is 21.2. The van der Waals surface area contributed by atoms with Gasteiger partial charge < -0.3 is 15.0 Å². The summed E-state index contributed by atoms with van der Waals surface area (Å²) in [5, 5.41) is 2.92. The van der Waals surface area contributed by atoms with Gasteiger partial charge in [-0.2, -0.15) is 0 Å². The lowest BCUT2D eigenvalue weighted by Crippen LogP contribution is -2.45. The molecule has 156 valence electrons. The first-order valence-corrected chi connectivity index (χ1v) is 10.6. The van der Waals surface area contributed by atoms with Crippen molar-refractivity contribution in [3.8, 4) is 5.75 Å². The molecule has 1 aliphatic heterocycles.